The molecule has 0 bridgehead atoms. The van der Waals surface area contributed by atoms with Crippen LogP contribution in [0.3, 0.4) is 0 Å². The summed E-state index contributed by atoms with van der Waals surface area (Å²) in [6.45, 7) is 1.46. The lowest BCUT2D eigenvalue weighted by molar-refractivity contribution is -0.114. The van der Waals surface area contributed by atoms with Crippen LogP contribution < -0.4 is 21.7 Å². The van der Waals surface area contributed by atoms with Gasteiger partial charge in [0.15, 0.2) is 16.8 Å². The van der Waals surface area contributed by atoms with E-state index in [1.54, 1.807) is 42.6 Å². The zero-order valence-corrected chi connectivity index (χ0v) is 14.6. The summed E-state index contributed by atoms with van der Waals surface area (Å²) in [6.07, 6.45) is 2.98. The number of nitrogens with one attached hydrogen (secondary N) is 3. The van der Waals surface area contributed by atoms with Gasteiger partial charge in [-0.2, -0.15) is 0 Å². The van der Waals surface area contributed by atoms with E-state index >= 15 is 0 Å². The number of anilines is 6. The van der Waals surface area contributed by atoms with Crippen molar-refractivity contribution in [3.05, 3.63) is 54.1 Å². The molecular weight excluding hydrogens is 354 g/mol. The predicted molar refractivity (Wildman–Crippen MR) is 103 cm³/mol. The fourth-order valence-corrected chi connectivity index (χ4v) is 2.35. The highest BCUT2D eigenvalue weighted by atomic mass is 35.5. The zero-order chi connectivity index (χ0) is 18.5. The molecule has 8 nitrogen and oxygen atoms in total. The van der Waals surface area contributed by atoms with Crippen molar-refractivity contribution in [1.29, 1.82) is 0 Å². The van der Waals surface area contributed by atoms with Crippen molar-refractivity contribution >= 4 is 51.9 Å². The molecule has 1 aromatic carbocycles. The summed E-state index contributed by atoms with van der Waals surface area (Å²) in [7, 11) is 0. The lowest BCUT2D eigenvalue weighted by atomic mass is 10.2. The average Bonchev–Trinajstić information content (AvgIpc) is 2.61. The van der Waals surface area contributed by atoms with Crippen LogP contribution in [0.25, 0.3) is 0 Å². The summed E-state index contributed by atoms with van der Waals surface area (Å²) in [5, 5.41) is 9.17. The second-order valence-corrected chi connectivity index (χ2v) is 5.69. The van der Waals surface area contributed by atoms with E-state index in [1.165, 1.54) is 13.3 Å². The van der Waals surface area contributed by atoms with Crippen LogP contribution in [0, 0.1) is 0 Å². The lowest BCUT2D eigenvalue weighted by Gasteiger charge is -2.13. The second kappa shape index (κ2) is 7.66. The van der Waals surface area contributed by atoms with Gasteiger partial charge in [0.05, 0.1) is 5.69 Å². The molecular formula is C17H16ClN7O. The zero-order valence-electron chi connectivity index (χ0n) is 13.8. The van der Waals surface area contributed by atoms with Crippen molar-refractivity contribution in [2.75, 3.05) is 21.7 Å². The summed E-state index contributed by atoms with van der Waals surface area (Å²) in [6, 6.07) is 10.7. The summed E-state index contributed by atoms with van der Waals surface area (Å²) in [5.41, 5.74) is 8.53. The molecule has 0 radical (unpaired) electrons. The molecule has 0 unspecified atom stereocenters. The minimum absolute atomic E-state index is 0.129. The first-order chi connectivity index (χ1) is 12.5. The Morgan fingerprint density at radius 3 is 2.31 bits per heavy atom. The molecule has 0 aliphatic heterocycles. The first kappa shape index (κ1) is 17.4. The molecule has 26 heavy (non-hydrogen) atoms. The molecule has 9 heteroatoms. The molecule has 0 saturated carbocycles. The Kier molecular flexibility index (Phi) is 5.14. The fraction of sp³-hybridized carbons (Fsp3) is 0.0588. The number of carbonyl (C=O) groups is 1. The van der Waals surface area contributed by atoms with E-state index in [0.717, 1.165) is 5.69 Å². The number of halogens is 1. The van der Waals surface area contributed by atoms with Gasteiger partial charge < -0.3 is 21.7 Å². The van der Waals surface area contributed by atoms with Gasteiger partial charge in [-0.15, -0.1) is 0 Å². The normalized spacial score (nSPS) is 10.2. The number of carbonyl (C=O) groups excluding carboxylic acids is 1. The van der Waals surface area contributed by atoms with Gasteiger partial charge in [0, 0.05) is 24.5 Å². The Labute approximate surface area is 154 Å². The van der Waals surface area contributed by atoms with Crippen LogP contribution in [0.15, 0.2) is 48.9 Å². The molecule has 0 spiro atoms. The Balaban J connectivity index is 1.79. The first-order valence-electron chi connectivity index (χ1n) is 7.65. The molecule has 0 aliphatic carbocycles. The SMILES string of the molecule is CC(=O)Nc1ccc(Nc2ncnc(Nc3cccnc3Cl)c2N)cc1. The van der Waals surface area contributed by atoms with Crippen molar-refractivity contribution in [1.82, 2.24) is 15.0 Å². The molecule has 0 fully saturated rings. The van der Waals surface area contributed by atoms with Crippen molar-refractivity contribution in [2.24, 2.45) is 0 Å². The van der Waals surface area contributed by atoms with Crippen LogP contribution in [0.5, 0.6) is 0 Å². The highest BCUT2D eigenvalue weighted by molar-refractivity contribution is 6.32. The van der Waals surface area contributed by atoms with E-state index in [4.69, 9.17) is 17.3 Å². The van der Waals surface area contributed by atoms with Crippen LogP contribution in [-0.4, -0.2) is 20.9 Å². The molecule has 2 heterocycles. The molecule has 3 rings (SSSR count). The third-order valence-electron chi connectivity index (χ3n) is 3.36. The maximum Gasteiger partial charge on any atom is 0.221 e. The van der Waals surface area contributed by atoms with Crippen molar-refractivity contribution < 1.29 is 4.79 Å². The molecule has 132 valence electrons. The van der Waals surface area contributed by atoms with Gasteiger partial charge in [-0.1, -0.05) is 11.6 Å². The average molecular weight is 370 g/mol. The number of hydrogen-bond donors (Lipinski definition) is 4. The number of nitrogens with zero attached hydrogens (tertiary/aromatic N) is 3. The van der Waals surface area contributed by atoms with E-state index in [1.807, 2.05) is 0 Å². The number of pyridine rings is 1. The van der Waals surface area contributed by atoms with Crippen LogP contribution in [0.1, 0.15) is 6.92 Å². The molecule has 2 aromatic heterocycles. The fourth-order valence-electron chi connectivity index (χ4n) is 2.18. The monoisotopic (exact) mass is 369 g/mol. The maximum absolute atomic E-state index is 11.1. The van der Waals surface area contributed by atoms with E-state index in [9.17, 15) is 4.79 Å². The Morgan fingerprint density at radius 1 is 1.00 bits per heavy atom. The number of hydrogen-bond acceptors (Lipinski definition) is 7. The molecule has 5 N–H and O–H groups in total. The molecule has 0 saturated heterocycles. The smallest absolute Gasteiger partial charge is 0.221 e. The number of benzene rings is 1. The van der Waals surface area contributed by atoms with Gasteiger partial charge in [0.1, 0.15) is 12.0 Å². The van der Waals surface area contributed by atoms with E-state index in [0.29, 0.717) is 33.9 Å². The number of aromatic nitrogens is 3. The predicted octanol–water partition coefficient (Wildman–Crippen LogP) is 3.55. The van der Waals surface area contributed by atoms with Crippen LogP contribution in [-0.2, 0) is 4.79 Å². The summed E-state index contributed by atoms with van der Waals surface area (Å²) in [4.78, 5) is 23.4. The van der Waals surface area contributed by atoms with E-state index < -0.39 is 0 Å². The number of nitrogen functional groups attached to an aromatic ring is 1. The van der Waals surface area contributed by atoms with Crippen LogP contribution in [0.2, 0.25) is 5.15 Å². The van der Waals surface area contributed by atoms with Crippen LogP contribution >= 0.6 is 11.6 Å². The summed E-state index contributed by atoms with van der Waals surface area (Å²) < 4.78 is 0. The Bertz CT molecular complexity index is 931. The van der Waals surface area contributed by atoms with Crippen molar-refractivity contribution in [3.8, 4) is 0 Å². The minimum Gasteiger partial charge on any atom is -0.393 e. The molecule has 0 aliphatic rings. The lowest BCUT2D eigenvalue weighted by Crippen LogP contribution is -2.06. The minimum atomic E-state index is -0.129. The molecule has 1 amide bonds. The quantitative estimate of drug-likeness (QED) is 0.508. The Hall–Kier alpha value is -3.39. The van der Waals surface area contributed by atoms with E-state index in [-0.39, 0.29) is 5.91 Å². The number of rotatable bonds is 5. The summed E-state index contributed by atoms with van der Waals surface area (Å²) >= 11 is 6.04. The van der Waals surface area contributed by atoms with E-state index in [2.05, 4.69) is 30.9 Å². The van der Waals surface area contributed by atoms with Gasteiger partial charge in [-0.3, -0.25) is 4.79 Å². The highest BCUT2D eigenvalue weighted by Crippen LogP contribution is 2.30. The third kappa shape index (κ3) is 4.17. The molecule has 3 aromatic rings. The highest BCUT2D eigenvalue weighted by Gasteiger charge is 2.10. The molecule has 0 atom stereocenters. The third-order valence-corrected chi connectivity index (χ3v) is 3.67. The maximum atomic E-state index is 11.1. The van der Waals surface area contributed by atoms with Gasteiger partial charge in [0.2, 0.25) is 5.91 Å². The number of nitrogens with two attached hydrogens (primary N) is 1. The van der Waals surface area contributed by atoms with Gasteiger partial charge in [-0.05, 0) is 36.4 Å². The summed E-state index contributed by atoms with van der Waals surface area (Å²) in [5.74, 6) is 0.720. The number of amides is 1. The second-order valence-electron chi connectivity index (χ2n) is 5.33. The van der Waals surface area contributed by atoms with Crippen molar-refractivity contribution in [2.45, 2.75) is 6.92 Å². The largest absolute Gasteiger partial charge is 0.393 e. The van der Waals surface area contributed by atoms with Gasteiger partial charge in [0.25, 0.3) is 0 Å². The van der Waals surface area contributed by atoms with Crippen LogP contribution in [0.4, 0.5) is 34.4 Å². The van der Waals surface area contributed by atoms with Gasteiger partial charge >= 0.3 is 0 Å². The topological polar surface area (TPSA) is 118 Å². The standard InChI is InChI=1S/C17H16ClN7O/c1-10(26)23-11-4-6-12(7-5-11)24-16-14(19)17(22-9-21-16)25-13-3-2-8-20-15(13)18/h2-9H,19H2,1H3,(H,23,26)(H2,21,22,24,25). The van der Waals surface area contributed by atoms with Crippen molar-refractivity contribution in [3.63, 3.8) is 0 Å². The van der Waals surface area contributed by atoms with Gasteiger partial charge in [-0.25, -0.2) is 15.0 Å². The first-order valence-corrected chi connectivity index (χ1v) is 8.03. The Morgan fingerprint density at radius 2 is 1.65 bits per heavy atom.